The molecule has 1 saturated carbocycles. The summed E-state index contributed by atoms with van der Waals surface area (Å²) >= 11 is 0. The second kappa shape index (κ2) is 25.0. The predicted molar refractivity (Wildman–Crippen MR) is 188 cm³/mol. The van der Waals surface area contributed by atoms with E-state index < -0.39 is 0 Å². The van der Waals surface area contributed by atoms with Gasteiger partial charge in [-0.25, -0.2) is 0 Å². The van der Waals surface area contributed by atoms with Crippen LogP contribution in [0.1, 0.15) is 135 Å². The van der Waals surface area contributed by atoms with E-state index in [1.165, 1.54) is 36.8 Å². The highest BCUT2D eigenvalue weighted by Crippen LogP contribution is 2.31. The van der Waals surface area contributed by atoms with Crippen LogP contribution in [0.4, 0.5) is 5.69 Å². The number of anilines is 1. The monoisotopic (exact) mass is 583 g/mol. The molecule has 4 nitrogen and oxygen atoms in total. The summed E-state index contributed by atoms with van der Waals surface area (Å²) < 4.78 is 5.35. The Morgan fingerprint density at radius 3 is 1.88 bits per heavy atom. The molecule has 0 heterocycles. The minimum Gasteiger partial charge on any atom is -0.399 e. The number of hydrogen-bond donors (Lipinski definition) is 2. The van der Waals surface area contributed by atoms with E-state index in [1.807, 2.05) is 71.0 Å². The number of rotatable bonds is 7. The highest BCUT2D eigenvalue weighted by Gasteiger charge is 2.27. The van der Waals surface area contributed by atoms with Crippen molar-refractivity contribution in [1.29, 1.82) is 0 Å². The Balaban J connectivity index is 0. The molecule has 1 unspecified atom stereocenters. The number of ether oxygens (including phenoxy) is 1. The summed E-state index contributed by atoms with van der Waals surface area (Å²) in [6, 6.07) is 13.9. The third-order valence-corrected chi connectivity index (χ3v) is 6.11. The van der Waals surface area contributed by atoms with Crippen LogP contribution in [-0.2, 0) is 4.74 Å². The van der Waals surface area contributed by atoms with Crippen molar-refractivity contribution >= 4 is 11.5 Å². The number of benzene rings is 2. The first-order chi connectivity index (χ1) is 20.0. The van der Waals surface area contributed by atoms with Crippen LogP contribution < -0.4 is 11.1 Å². The third kappa shape index (κ3) is 19.5. The number of carbonyl (C=O) groups is 1. The zero-order valence-corrected chi connectivity index (χ0v) is 29.6. The van der Waals surface area contributed by atoms with Crippen molar-refractivity contribution in [2.75, 3.05) is 18.9 Å². The normalized spacial score (nSPS) is 14.5. The van der Waals surface area contributed by atoms with Gasteiger partial charge in [0.2, 0.25) is 5.78 Å². The fraction of sp³-hybridized carbons (Fsp3) is 0.605. The number of carbonyl (C=O) groups excluding carboxylic acids is 1. The van der Waals surface area contributed by atoms with Crippen molar-refractivity contribution in [3.8, 4) is 0 Å². The van der Waals surface area contributed by atoms with Gasteiger partial charge in [-0.1, -0.05) is 110 Å². The standard InChI is InChI=1S/C16H19NO.C8H18O.C7H9N.C3H8.2C2H6/c1-10-3-6-13-14(7-10)11(2)8-15(16(13)18)17-9-12-4-5-12;1-7(2)5-6-9-8(3)4;1-6-2-4-7(8)5-3-6;1-3-2;2*1-2/h3,6-8,11-12,17H,4-5,9H2,1-2H3;7-8H,5-6H2,1-4H3;2-5H,8H2,1H3;3H2,1-2H3;2*1-2H3. The molecule has 2 aliphatic rings. The summed E-state index contributed by atoms with van der Waals surface area (Å²) in [6.07, 6.45) is 7.51. The zero-order valence-electron chi connectivity index (χ0n) is 29.6. The Hall–Kier alpha value is -2.59. The van der Waals surface area contributed by atoms with Gasteiger partial charge in [0.25, 0.3) is 0 Å². The lowest BCUT2D eigenvalue weighted by atomic mass is 9.85. The molecule has 2 aromatic carbocycles. The SMILES string of the molecule is CC.CC.CC(C)CCOC(C)C.CCC.Cc1ccc(N)cc1.Cc1ccc2c(c1)C(C)C=C(NCC1CC1)C2=O. The van der Waals surface area contributed by atoms with Crippen molar-refractivity contribution in [3.63, 3.8) is 0 Å². The molecule has 0 spiro atoms. The quantitative estimate of drug-likeness (QED) is 0.319. The predicted octanol–water partition coefficient (Wildman–Crippen LogP) is 10.7. The Morgan fingerprint density at radius 2 is 1.43 bits per heavy atom. The number of hydrogen-bond acceptors (Lipinski definition) is 4. The fourth-order valence-corrected chi connectivity index (χ4v) is 3.65. The van der Waals surface area contributed by atoms with E-state index in [0.29, 0.717) is 12.0 Å². The number of ketones is 1. The Bertz CT molecular complexity index is 944. The summed E-state index contributed by atoms with van der Waals surface area (Å²) in [6.45, 7) is 28.9. The van der Waals surface area contributed by atoms with Gasteiger partial charge in [-0.05, 0) is 82.6 Å². The third-order valence-electron chi connectivity index (χ3n) is 6.11. The molecule has 2 aromatic rings. The lowest BCUT2D eigenvalue weighted by Crippen LogP contribution is -2.27. The smallest absolute Gasteiger partial charge is 0.208 e. The number of nitrogen functional groups attached to an aromatic ring is 1. The summed E-state index contributed by atoms with van der Waals surface area (Å²) in [5.74, 6) is 2.03. The molecule has 0 bridgehead atoms. The Kier molecular flexibility index (Phi) is 24.7. The first-order valence-electron chi connectivity index (χ1n) is 16.5. The number of nitrogens with one attached hydrogen (secondary N) is 1. The van der Waals surface area contributed by atoms with E-state index >= 15 is 0 Å². The highest BCUT2D eigenvalue weighted by molar-refractivity contribution is 6.10. The molecule has 1 fully saturated rings. The van der Waals surface area contributed by atoms with Gasteiger partial charge in [-0.15, -0.1) is 0 Å². The summed E-state index contributed by atoms with van der Waals surface area (Å²) in [7, 11) is 0. The fourth-order valence-electron chi connectivity index (χ4n) is 3.65. The van der Waals surface area contributed by atoms with Crippen LogP contribution in [0.5, 0.6) is 0 Å². The van der Waals surface area contributed by atoms with Crippen molar-refractivity contribution in [1.82, 2.24) is 5.32 Å². The van der Waals surface area contributed by atoms with E-state index in [-0.39, 0.29) is 5.78 Å². The molecule has 4 rings (SSSR count). The number of allylic oxidation sites excluding steroid dienone is 2. The molecular formula is C38H66N2O2. The first kappa shape index (κ1) is 41.5. The molecule has 2 aliphatic carbocycles. The van der Waals surface area contributed by atoms with E-state index in [4.69, 9.17) is 10.5 Å². The summed E-state index contributed by atoms with van der Waals surface area (Å²) in [4.78, 5) is 12.4. The van der Waals surface area contributed by atoms with Crippen molar-refractivity contribution in [2.45, 2.75) is 128 Å². The molecule has 0 saturated heterocycles. The van der Waals surface area contributed by atoms with Crippen molar-refractivity contribution in [3.05, 3.63) is 76.5 Å². The highest BCUT2D eigenvalue weighted by atomic mass is 16.5. The van der Waals surface area contributed by atoms with Gasteiger partial charge in [-0.3, -0.25) is 4.79 Å². The van der Waals surface area contributed by atoms with Crippen molar-refractivity contribution < 1.29 is 9.53 Å². The Morgan fingerprint density at radius 1 is 0.905 bits per heavy atom. The second-order valence-corrected chi connectivity index (χ2v) is 11.3. The molecule has 42 heavy (non-hydrogen) atoms. The van der Waals surface area contributed by atoms with Gasteiger partial charge < -0.3 is 15.8 Å². The van der Waals surface area contributed by atoms with Crippen LogP contribution in [-0.4, -0.2) is 25.0 Å². The van der Waals surface area contributed by atoms with Crippen LogP contribution in [0.25, 0.3) is 0 Å². The minimum atomic E-state index is 0.156. The molecule has 0 aliphatic heterocycles. The Labute approximate surface area is 260 Å². The molecule has 1 atom stereocenters. The van der Waals surface area contributed by atoms with Crippen LogP contribution >= 0.6 is 0 Å². The maximum atomic E-state index is 12.4. The molecule has 0 amide bonds. The number of nitrogens with two attached hydrogens (primary N) is 1. The van der Waals surface area contributed by atoms with Crippen LogP contribution in [0.3, 0.4) is 0 Å². The van der Waals surface area contributed by atoms with E-state index in [1.54, 1.807) is 0 Å². The first-order valence-corrected chi connectivity index (χ1v) is 16.5. The zero-order chi connectivity index (χ0) is 32.7. The number of Topliss-reactive ketones (excluding diaryl/α,β-unsaturated/α-hetero) is 1. The van der Waals surface area contributed by atoms with Crippen LogP contribution in [0.2, 0.25) is 0 Å². The van der Waals surface area contributed by atoms with E-state index in [9.17, 15) is 4.79 Å². The second-order valence-electron chi connectivity index (χ2n) is 11.3. The molecule has 240 valence electrons. The van der Waals surface area contributed by atoms with Gasteiger partial charge in [0.05, 0.1) is 11.8 Å². The molecule has 3 N–H and O–H groups in total. The molecular weight excluding hydrogens is 516 g/mol. The van der Waals surface area contributed by atoms with Crippen LogP contribution in [0, 0.1) is 25.7 Å². The largest absolute Gasteiger partial charge is 0.399 e. The van der Waals surface area contributed by atoms with Gasteiger partial charge in [0, 0.05) is 30.3 Å². The molecule has 0 radical (unpaired) electrons. The topological polar surface area (TPSA) is 64.3 Å². The lowest BCUT2D eigenvalue weighted by molar-refractivity contribution is 0.0710. The number of aryl methyl sites for hydroxylation is 2. The summed E-state index contributed by atoms with van der Waals surface area (Å²) in [5.41, 5.74) is 11.6. The van der Waals surface area contributed by atoms with Gasteiger partial charge in [0.1, 0.15) is 0 Å². The average Bonchev–Trinajstić information content (AvgIpc) is 3.79. The molecule has 4 heteroatoms. The van der Waals surface area contributed by atoms with Gasteiger partial charge in [0.15, 0.2) is 0 Å². The lowest BCUT2D eigenvalue weighted by Gasteiger charge is -2.22. The van der Waals surface area contributed by atoms with Gasteiger partial charge in [-0.2, -0.15) is 0 Å². The maximum absolute atomic E-state index is 12.4. The van der Waals surface area contributed by atoms with E-state index in [0.717, 1.165) is 47.5 Å². The molecule has 0 aromatic heterocycles. The van der Waals surface area contributed by atoms with Gasteiger partial charge >= 0.3 is 0 Å². The number of fused-ring (bicyclic) bond motifs is 1. The summed E-state index contributed by atoms with van der Waals surface area (Å²) in [5, 5.41) is 3.33. The van der Waals surface area contributed by atoms with Crippen molar-refractivity contribution in [2.24, 2.45) is 11.8 Å². The van der Waals surface area contributed by atoms with E-state index in [2.05, 4.69) is 72.8 Å². The van der Waals surface area contributed by atoms with Crippen LogP contribution in [0.15, 0.2) is 54.2 Å². The average molecular weight is 583 g/mol. The minimum absolute atomic E-state index is 0.156. The maximum Gasteiger partial charge on any atom is 0.208 e.